The third-order valence-corrected chi connectivity index (χ3v) is 4.97. The molecule has 0 bridgehead atoms. The van der Waals surface area contributed by atoms with Crippen LogP contribution in [0.2, 0.25) is 0 Å². The van der Waals surface area contributed by atoms with E-state index in [1.807, 2.05) is 12.1 Å². The van der Waals surface area contributed by atoms with Crippen LogP contribution in [0.4, 0.5) is 0 Å². The van der Waals surface area contributed by atoms with Crippen molar-refractivity contribution in [3.05, 3.63) is 41.5 Å². The normalized spacial score (nSPS) is 11.4. The summed E-state index contributed by atoms with van der Waals surface area (Å²) in [4.78, 5) is -0.0441. The van der Waals surface area contributed by atoms with Gasteiger partial charge in [0.15, 0.2) is 0 Å². The fourth-order valence-electron chi connectivity index (χ4n) is 2.93. The summed E-state index contributed by atoms with van der Waals surface area (Å²) in [5.41, 5.74) is 1.86. The van der Waals surface area contributed by atoms with E-state index in [2.05, 4.69) is 19.9 Å². The fourth-order valence-corrected chi connectivity index (χ4v) is 3.67. The second-order valence-corrected chi connectivity index (χ2v) is 7.07. The Labute approximate surface area is 161 Å². The monoisotopic (exact) mass is 342 g/mol. The molecule has 23 heavy (non-hydrogen) atoms. The first-order chi connectivity index (χ1) is 10.5. The first-order valence-electron chi connectivity index (χ1n) is 7.98. The van der Waals surface area contributed by atoms with Crippen molar-refractivity contribution in [1.29, 1.82) is 0 Å². The van der Waals surface area contributed by atoms with E-state index in [9.17, 15) is 13.0 Å². The van der Waals surface area contributed by atoms with E-state index in [1.165, 1.54) is 6.07 Å². The Hall–Kier alpha value is -0.390. The molecule has 0 spiro atoms. The maximum atomic E-state index is 11.6. The van der Waals surface area contributed by atoms with E-state index in [-0.39, 0.29) is 34.5 Å². The molecule has 5 heteroatoms. The van der Waals surface area contributed by atoms with Crippen LogP contribution in [0.15, 0.2) is 35.2 Å². The van der Waals surface area contributed by atoms with Gasteiger partial charge in [0.2, 0.25) is 0 Å². The number of hydrogen-bond donors (Lipinski definition) is 0. The van der Waals surface area contributed by atoms with Crippen molar-refractivity contribution in [2.75, 3.05) is 0 Å². The summed E-state index contributed by atoms with van der Waals surface area (Å²) in [7, 11) is -4.44. The maximum absolute atomic E-state index is 11.6. The molecule has 0 aromatic heterocycles. The maximum Gasteiger partial charge on any atom is 1.00 e. The molecule has 0 saturated heterocycles. The average molecular weight is 342 g/mol. The van der Waals surface area contributed by atoms with Crippen LogP contribution in [0.25, 0.3) is 10.8 Å². The molecule has 2 rings (SSSR count). The topological polar surface area (TPSA) is 57.2 Å². The molecule has 0 aliphatic heterocycles. The van der Waals surface area contributed by atoms with Gasteiger partial charge in [0, 0.05) is 0 Å². The Balaban J connectivity index is 0.00000264. The standard InChI is InChI=1S/C18H24O3S.Na/c1-3-5-8-14-9-7-10-15-12-13-17(22(19,20)21)16(18(14)15)11-6-4-2;/h7,9-10,12-13H,3-6,8,11H2,1-2H3,(H,19,20,21);/q;+1/p-1. The minimum absolute atomic E-state index is 0. The summed E-state index contributed by atoms with van der Waals surface area (Å²) in [6, 6.07) is 9.27. The molecule has 0 atom stereocenters. The van der Waals surface area contributed by atoms with Crippen LogP contribution in [-0.2, 0) is 23.0 Å². The van der Waals surface area contributed by atoms with Crippen molar-refractivity contribution in [3.8, 4) is 0 Å². The molecule has 120 valence electrons. The van der Waals surface area contributed by atoms with Gasteiger partial charge in [-0.1, -0.05) is 51.0 Å². The number of aryl methyl sites for hydroxylation is 2. The van der Waals surface area contributed by atoms with E-state index in [1.54, 1.807) is 6.07 Å². The van der Waals surface area contributed by atoms with Crippen LogP contribution in [0.3, 0.4) is 0 Å². The zero-order chi connectivity index (χ0) is 16.2. The van der Waals surface area contributed by atoms with Crippen molar-refractivity contribution in [1.82, 2.24) is 0 Å². The largest absolute Gasteiger partial charge is 1.00 e. The molecule has 0 unspecified atom stereocenters. The number of rotatable bonds is 7. The Morgan fingerprint density at radius 1 is 0.957 bits per heavy atom. The third kappa shape index (κ3) is 5.04. The zero-order valence-electron chi connectivity index (χ0n) is 14.3. The van der Waals surface area contributed by atoms with Gasteiger partial charge in [-0.15, -0.1) is 0 Å². The smallest absolute Gasteiger partial charge is 0.744 e. The van der Waals surface area contributed by atoms with Gasteiger partial charge in [-0.2, -0.15) is 0 Å². The van der Waals surface area contributed by atoms with Gasteiger partial charge in [-0.25, -0.2) is 8.42 Å². The molecule has 0 heterocycles. The Bertz CT molecular complexity index is 754. The molecule has 0 aliphatic rings. The van der Waals surface area contributed by atoms with Gasteiger partial charge in [0.1, 0.15) is 10.1 Å². The summed E-state index contributed by atoms with van der Waals surface area (Å²) >= 11 is 0. The zero-order valence-corrected chi connectivity index (χ0v) is 17.1. The summed E-state index contributed by atoms with van der Waals surface area (Å²) in [5.74, 6) is 0. The molecule has 0 amide bonds. The van der Waals surface area contributed by atoms with Gasteiger partial charge in [-0.3, -0.25) is 0 Å². The second kappa shape index (κ2) is 9.19. The van der Waals surface area contributed by atoms with Crippen molar-refractivity contribution < 1.29 is 42.5 Å². The first-order valence-corrected chi connectivity index (χ1v) is 9.39. The summed E-state index contributed by atoms with van der Waals surface area (Å²) in [6.45, 7) is 4.20. The van der Waals surface area contributed by atoms with Gasteiger partial charge in [0.05, 0.1) is 4.90 Å². The fraction of sp³-hybridized carbons (Fsp3) is 0.444. The van der Waals surface area contributed by atoms with Crippen LogP contribution in [-0.4, -0.2) is 13.0 Å². The van der Waals surface area contributed by atoms with Crippen LogP contribution in [0.1, 0.15) is 50.7 Å². The molecule has 0 fully saturated rings. The quantitative estimate of drug-likeness (QED) is 0.565. The van der Waals surface area contributed by atoms with E-state index in [0.29, 0.717) is 12.0 Å². The Morgan fingerprint density at radius 3 is 2.22 bits per heavy atom. The van der Waals surface area contributed by atoms with Gasteiger partial charge < -0.3 is 4.55 Å². The number of unbranched alkanes of at least 4 members (excludes halogenated alkanes) is 2. The SMILES string of the molecule is CCCCc1cccc2ccc(S(=O)(=O)[O-])c(CCCC)c12.[Na+]. The van der Waals surface area contributed by atoms with Crippen molar-refractivity contribution in [3.63, 3.8) is 0 Å². The third-order valence-electron chi connectivity index (χ3n) is 4.05. The molecular weight excluding hydrogens is 319 g/mol. The van der Waals surface area contributed by atoms with Crippen molar-refractivity contribution in [2.24, 2.45) is 0 Å². The Morgan fingerprint density at radius 2 is 1.61 bits per heavy atom. The number of benzene rings is 2. The average Bonchev–Trinajstić information content (AvgIpc) is 2.49. The van der Waals surface area contributed by atoms with Crippen LogP contribution in [0.5, 0.6) is 0 Å². The van der Waals surface area contributed by atoms with Crippen molar-refractivity contribution in [2.45, 2.75) is 57.3 Å². The van der Waals surface area contributed by atoms with Crippen LogP contribution in [0, 0.1) is 0 Å². The number of hydrogen-bond acceptors (Lipinski definition) is 3. The first kappa shape index (κ1) is 20.7. The van der Waals surface area contributed by atoms with Crippen LogP contribution >= 0.6 is 0 Å². The van der Waals surface area contributed by atoms with Gasteiger partial charge in [-0.05, 0) is 53.6 Å². The molecule has 0 aliphatic carbocycles. The minimum atomic E-state index is -4.44. The molecular formula is C18H23NaO3S. The minimum Gasteiger partial charge on any atom is -0.744 e. The van der Waals surface area contributed by atoms with Gasteiger partial charge >= 0.3 is 29.6 Å². The number of fused-ring (bicyclic) bond motifs is 1. The van der Waals surface area contributed by atoms with E-state index >= 15 is 0 Å². The molecule has 3 nitrogen and oxygen atoms in total. The summed E-state index contributed by atoms with van der Waals surface area (Å²) in [6.07, 6.45) is 5.53. The van der Waals surface area contributed by atoms with E-state index < -0.39 is 10.1 Å². The molecule has 0 N–H and O–H groups in total. The van der Waals surface area contributed by atoms with Gasteiger partial charge in [0.25, 0.3) is 0 Å². The molecule has 2 aromatic carbocycles. The Kier molecular flexibility index (Phi) is 8.25. The van der Waals surface area contributed by atoms with E-state index in [0.717, 1.165) is 48.4 Å². The van der Waals surface area contributed by atoms with E-state index in [4.69, 9.17) is 0 Å². The predicted molar refractivity (Wildman–Crippen MR) is 89.1 cm³/mol. The second-order valence-electron chi connectivity index (χ2n) is 5.72. The summed E-state index contributed by atoms with van der Waals surface area (Å²) in [5, 5.41) is 1.99. The van der Waals surface area contributed by atoms with Crippen LogP contribution < -0.4 is 29.6 Å². The predicted octanol–water partition coefficient (Wildman–Crippen LogP) is 1.43. The molecule has 0 saturated carbocycles. The van der Waals surface area contributed by atoms with Crippen molar-refractivity contribution >= 4 is 20.9 Å². The molecule has 2 aromatic rings. The summed E-state index contributed by atoms with van der Waals surface area (Å²) < 4.78 is 34.9. The molecule has 0 radical (unpaired) electrons.